The maximum Gasteiger partial charge on any atom is 0.222 e. The number of hydrogen-bond donors (Lipinski definition) is 2. The summed E-state index contributed by atoms with van der Waals surface area (Å²) < 4.78 is 18.0. The van der Waals surface area contributed by atoms with Crippen molar-refractivity contribution in [2.45, 2.75) is 37.3 Å². The van der Waals surface area contributed by atoms with Crippen LogP contribution in [0.25, 0.3) is 22.3 Å². The van der Waals surface area contributed by atoms with Gasteiger partial charge in [0.25, 0.3) is 0 Å². The summed E-state index contributed by atoms with van der Waals surface area (Å²) in [6.07, 6.45) is 2.37. The molecule has 1 spiro atoms. The maximum absolute atomic E-state index is 12.3. The number of aliphatic hydroxyl groups is 1. The van der Waals surface area contributed by atoms with Crippen LogP contribution in [0.3, 0.4) is 0 Å². The van der Waals surface area contributed by atoms with Crippen molar-refractivity contribution >= 4 is 16.9 Å². The van der Waals surface area contributed by atoms with E-state index in [1.54, 1.807) is 0 Å². The molecule has 2 N–H and O–H groups in total. The van der Waals surface area contributed by atoms with E-state index in [1.807, 2.05) is 48.5 Å². The smallest absolute Gasteiger partial charge is 0.222 e. The van der Waals surface area contributed by atoms with Crippen LogP contribution in [-0.4, -0.2) is 36.4 Å². The Labute approximate surface area is 174 Å². The Morgan fingerprint density at radius 2 is 1.97 bits per heavy atom. The predicted molar refractivity (Wildman–Crippen MR) is 112 cm³/mol. The number of hydrogen-bond acceptors (Lipinski definition) is 5. The fourth-order valence-corrected chi connectivity index (χ4v) is 4.49. The van der Waals surface area contributed by atoms with Gasteiger partial charge in [0.2, 0.25) is 5.91 Å². The van der Waals surface area contributed by atoms with Crippen LogP contribution in [0.2, 0.25) is 0 Å². The molecule has 0 aliphatic carbocycles. The van der Waals surface area contributed by atoms with Crippen LogP contribution in [-0.2, 0) is 9.53 Å². The molecule has 1 atom stereocenters. The van der Waals surface area contributed by atoms with Crippen LogP contribution in [0.4, 0.5) is 0 Å². The summed E-state index contributed by atoms with van der Waals surface area (Å²) >= 11 is 0. The molecule has 156 valence electrons. The molecule has 1 aromatic heterocycles. The molecular weight excluding hydrogens is 382 g/mol. The molecule has 2 aliphatic rings. The van der Waals surface area contributed by atoms with Gasteiger partial charge in [0.15, 0.2) is 0 Å². The normalized spacial score (nSPS) is 20.0. The van der Waals surface area contributed by atoms with Crippen molar-refractivity contribution in [2.24, 2.45) is 0 Å². The molecule has 0 saturated carbocycles. The van der Waals surface area contributed by atoms with Crippen molar-refractivity contribution < 1.29 is 23.8 Å². The van der Waals surface area contributed by atoms with Gasteiger partial charge in [0.1, 0.15) is 22.7 Å². The van der Waals surface area contributed by atoms with Gasteiger partial charge in [-0.15, -0.1) is 0 Å². The number of benzene rings is 2. The monoisotopic (exact) mass is 407 g/mol. The van der Waals surface area contributed by atoms with Gasteiger partial charge in [0, 0.05) is 42.2 Å². The lowest BCUT2D eigenvalue weighted by Crippen LogP contribution is -2.48. The number of carbonyl (C=O) groups excluding carboxylic acids is 1. The molecule has 3 heterocycles. The van der Waals surface area contributed by atoms with Crippen LogP contribution in [0.15, 0.2) is 52.9 Å². The molecule has 2 aromatic carbocycles. The first-order valence-electron chi connectivity index (χ1n) is 10.5. The molecule has 2 aliphatic heterocycles. The van der Waals surface area contributed by atoms with Crippen LogP contribution in [0.1, 0.15) is 37.3 Å². The minimum absolute atomic E-state index is 0.0894. The third kappa shape index (κ3) is 3.57. The minimum atomic E-state index is -0.330. The highest BCUT2D eigenvalue weighted by Gasteiger charge is 2.42. The number of nitrogens with one attached hydrogen (secondary N) is 1. The Morgan fingerprint density at radius 1 is 1.13 bits per heavy atom. The summed E-state index contributed by atoms with van der Waals surface area (Å²) in [5.41, 5.74) is 2.40. The van der Waals surface area contributed by atoms with Crippen molar-refractivity contribution in [3.8, 4) is 17.1 Å². The lowest BCUT2D eigenvalue weighted by atomic mass is 9.81. The first-order chi connectivity index (χ1) is 14.7. The van der Waals surface area contributed by atoms with E-state index in [4.69, 9.17) is 19.0 Å². The van der Waals surface area contributed by atoms with E-state index < -0.39 is 0 Å². The average Bonchev–Trinajstić information content (AvgIpc) is 3.18. The van der Waals surface area contributed by atoms with Crippen molar-refractivity contribution in [3.05, 3.63) is 54.1 Å². The summed E-state index contributed by atoms with van der Waals surface area (Å²) in [6.45, 7) is 1.15. The first kappa shape index (κ1) is 19.2. The van der Waals surface area contributed by atoms with E-state index >= 15 is 0 Å². The van der Waals surface area contributed by atoms with Crippen LogP contribution in [0, 0.1) is 0 Å². The Bertz CT molecular complexity index is 1030. The highest BCUT2D eigenvalue weighted by molar-refractivity contribution is 5.83. The number of ether oxygens (including phenoxy) is 2. The van der Waals surface area contributed by atoms with E-state index in [0.29, 0.717) is 19.6 Å². The molecule has 1 unspecified atom stereocenters. The third-order valence-corrected chi connectivity index (χ3v) is 6.08. The topological polar surface area (TPSA) is 80.9 Å². The average molecular weight is 407 g/mol. The molecule has 1 fully saturated rings. The summed E-state index contributed by atoms with van der Waals surface area (Å²) in [5.74, 6) is 1.41. The zero-order chi connectivity index (χ0) is 20.6. The van der Waals surface area contributed by atoms with Crippen LogP contribution >= 0.6 is 0 Å². The molecule has 1 saturated heterocycles. The maximum atomic E-state index is 12.3. The zero-order valence-electron chi connectivity index (χ0n) is 16.7. The summed E-state index contributed by atoms with van der Waals surface area (Å²) in [7, 11) is 0. The van der Waals surface area contributed by atoms with Gasteiger partial charge in [-0.05, 0) is 30.3 Å². The van der Waals surface area contributed by atoms with Gasteiger partial charge in [-0.1, -0.05) is 18.2 Å². The van der Waals surface area contributed by atoms with E-state index in [0.717, 1.165) is 46.4 Å². The van der Waals surface area contributed by atoms with Gasteiger partial charge in [-0.25, -0.2) is 0 Å². The van der Waals surface area contributed by atoms with Gasteiger partial charge in [0.05, 0.1) is 25.9 Å². The largest absolute Gasteiger partial charge is 0.487 e. The van der Waals surface area contributed by atoms with E-state index in [9.17, 15) is 4.79 Å². The quantitative estimate of drug-likeness (QED) is 0.684. The Balaban J connectivity index is 1.52. The van der Waals surface area contributed by atoms with Gasteiger partial charge >= 0.3 is 0 Å². The van der Waals surface area contributed by atoms with Crippen LogP contribution < -0.4 is 10.1 Å². The van der Waals surface area contributed by atoms with Crippen molar-refractivity contribution in [1.82, 2.24) is 5.32 Å². The lowest BCUT2D eigenvalue weighted by molar-refractivity contribution is -0.123. The van der Waals surface area contributed by atoms with Crippen molar-refractivity contribution in [2.75, 3.05) is 19.8 Å². The van der Waals surface area contributed by atoms with Gasteiger partial charge in [-0.3, -0.25) is 4.79 Å². The van der Waals surface area contributed by atoms with Gasteiger partial charge < -0.3 is 24.3 Å². The second kappa shape index (κ2) is 7.78. The third-order valence-electron chi connectivity index (χ3n) is 6.08. The summed E-state index contributed by atoms with van der Waals surface area (Å²) in [5, 5.41) is 13.3. The second-order valence-corrected chi connectivity index (χ2v) is 8.10. The summed E-state index contributed by atoms with van der Waals surface area (Å²) in [4.78, 5) is 12.3. The molecule has 6 nitrogen and oxygen atoms in total. The van der Waals surface area contributed by atoms with Crippen molar-refractivity contribution in [3.63, 3.8) is 0 Å². The minimum Gasteiger partial charge on any atom is -0.487 e. The van der Waals surface area contributed by atoms with Crippen LogP contribution in [0.5, 0.6) is 5.75 Å². The number of para-hydroxylation sites is 1. The highest BCUT2D eigenvalue weighted by atomic mass is 16.5. The van der Waals surface area contributed by atoms with Crippen molar-refractivity contribution in [1.29, 1.82) is 0 Å². The van der Waals surface area contributed by atoms with E-state index in [1.165, 1.54) is 0 Å². The molecular formula is C24H25NO5. The molecule has 0 radical (unpaired) electrons. The molecule has 6 heteroatoms. The Hall–Kier alpha value is -2.83. The van der Waals surface area contributed by atoms with Gasteiger partial charge in [-0.2, -0.15) is 0 Å². The second-order valence-electron chi connectivity index (χ2n) is 8.10. The fraction of sp³-hybridized carbons (Fsp3) is 0.375. The standard InChI is InChI=1S/C24H25NO5/c26-10-7-23(27)25-19-15-24(8-11-28-12-9-24)30-21-6-5-17(13-18(19)21)22-14-16-3-1-2-4-20(16)29-22/h1-6,13-14,19,26H,7-12,15H2,(H,25,27). The lowest BCUT2D eigenvalue weighted by Gasteiger charge is -2.44. The Kier molecular flexibility index (Phi) is 4.97. The zero-order valence-corrected chi connectivity index (χ0v) is 16.7. The fourth-order valence-electron chi connectivity index (χ4n) is 4.49. The predicted octanol–water partition coefficient (Wildman–Crippen LogP) is 3.97. The molecule has 30 heavy (non-hydrogen) atoms. The number of carbonyl (C=O) groups is 1. The molecule has 0 bridgehead atoms. The van der Waals surface area contributed by atoms with E-state index in [2.05, 4.69) is 5.32 Å². The van der Waals surface area contributed by atoms with E-state index in [-0.39, 0.29) is 30.6 Å². The number of aliphatic hydroxyl groups excluding tert-OH is 1. The molecule has 3 aromatic rings. The number of amides is 1. The molecule has 5 rings (SSSR count). The first-order valence-corrected chi connectivity index (χ1v) is 10.5. The number of rotatable bonds is 4. The SMILES string of the molecule is O=C(CCO)NC1CC2(CCOCC2)Oc2ccc(-c3cc4ccccc4o3)cc21. The highest BCUT2D eigenvalue weighted by Crippen LogP contribution is 2.45. The molecule has 1 amide bonds. The number of furan rings is 1. The number of fused-ring (bicyclic) bond motifs is 2. The Morgan fingerprint density at radius 3 is 2.77 bits per heavy atom. The summed E-state index contributed by atoms with van der Waals surface area (Å²) in [6, 6.07) is 15.8.